The summed E-state index contributed by atoms with van der Waals surface area (Å²) in [4.78, 5) is 12.7. The first-order valence-corrected chi connectivity index (χ1v) is 8.99. The summed E-state index contributed by atoms with van der Waals surface area (Å²) in [5.74, 6) is 0.670. The van der Waals surface area contributed by atoms with Crippen LogP contribution in [0.1, 0.15) is 38.4 Å². The Hall–Kier alpha value is -2.47. The third-order valence-electron chi connectivity index (χ3n) is 4.58. The van der Waals surface area contributed by atoms with Gasteiger partial charge in [-0.15, -0.1) is 0 Å². The molecule has 1 aliphatic rings. The van der Waals surface area contributed by atoms with Crippen molar-refractivity contribution in [1.29, 1.82) is 0 Å². The second-order valence-electron chi connectivity index (χ2n) is 7.00. The number of carbonyl (C=O) groups excluding carboxylic acids is 1. The van der Waals surface area contributed by atoms with Crippen LogP contribution in [0.2, 0.25) is 0 Å². The SMILES string of the molecule is CCOC(=O)n1c2c(c3ccc(OCCCO)cc31)C(C)(C)CNC=C2. The highest BCUT2D eigenvalue weighted by molar-refractivity contribution is 5.97. The van der Waals surface area contributed by atoms with Crippen LogP contribution >= 0.6 is 0 Å². The van der Waals surface area contributed by atoms with Gasteiger partial charge in [-0.3, -0.25) is 0 Å². The molecule has 6 nitrogen and oxygen atoms in total. The van der Waals surface area contributed by atoms with E-state index in [0.29, 0.717) is 25.4 Å². The van der Waals surface area contributed by atoms with E-state index < -0.39 is 6.09 Å². The fourth-order valence-electron chi connectivity index (χ4n) is 3.43. The van der Waals surface area contributed by atoms with Crippen molar-refractivity contribution in [2.45, 2.75) is 32.6 Å². The Bertz CT molecular complexity index is 836. The Morgan fingerprint density at radius 1 is 1.38 bits per heavy atom. The second kappa shape index (κ2) is 7.41. The van der Waals surface area contributed by atoms with Crippen molar-refractivity contribution in [3.05, 3.63) is 35.7 Å². The number of aliphatic hydroxyl groups is 1. The van der Waals surface area contributed by atoms with Crippen LogP contribution in [0.3, 0.4) is 0 Å². The summed E-state index contributed by atoms with van der Waals surface area (Å²) < 4.78 is 12.6. The Kier molecular flexibility index (Phi) is 5.23. The molecule has 0 aliphatic carbocycles. The molecule has 0 unspecified atom stereocenters. The molecule has 140 valence electrons. The van der Waals surface area contributed by atoms with Crippen LogP contribution in [0.5, 0.6) is 5.75 Å². The molecule has 0 fully saturated rings. The molecule has 1 aromatic heterocycles. The number of hydrogen-bond donors (Lipinski definition) is 2. The van der Waals surface area contributed by atoms with Crippen molar-refractivity contribution in [3.8, 4) is 5.75 Å². The summed E-state index contributed by atoms with van der Waals surface area (Å²) in [6.45, 7) is 7.71. The van der Waals surface area contributed by atoms with Gasteiger partial charge in [0.2, 0.25) is 0 Å². The summed E-state index contributed by atoms with van der Waals surface area (Å²) in [5, 5.41) is 13.2. The fourth-order valence-corrected chi connectivity index (χ4v) is 3.43. The van der Waals surface area contributed by atoms with Crippen LogP contribution in [-0.2, 0) is 10.2 Å². The van der Waals surface area contributed by atoms with Crippen molar-refractivity contribution in [2.24, 2.45) is 0 Å². The second-order valence-corrected chi connectivity index (χ2v) is 7.00. The highest BCUT2D eigenvalue weighted by atomic mass is 16.5. The number of hydrogen-bond acceptors (Lipinski definition) is 5. The fraction of sp³-hybridized carbons (Fsp3) is 0.450. The van der Waals surface area contributed by atoms with E-state index in [1.54, 1.807) is 11.5 Å². The zero-order valence-electron chi connectivity index (χ0n) is 15.5. The third kappa shape index (κ3) is 3.29. The van der Waals surface area contributed by atoms with Gasteiger partial charge in [-0.25, -0.2) is 9.36 Å². The van der Waals surface area contributed by atoms with Crippen LogP contribution in [-0.4, -0.2) is 42.1 Å². The number of fused-ring (bicyclic) bond motifs is 3. The normalized spacial score (nSPS) is 15.2. The number of rotatable bonds is 5. The predicted octanol–water partition coefficient (Wildman–Crippen LogP) is 3.26. The maximum atomic E-state index is 12.7. The van der Waals surface area contributed by atoms with E-state index >= 15 is 0 Å². The lowest BCUT2D eigenvalue weighted by atomic mass is 9.83. The van der Waals surface area contributed by atoms with Crippen molar-refractivity contribution in [1.82, 2.24) is 9.88 Å². The molecule has 0 saturated heterocycles. The van der Waals surface area contributed by atoms with Gasteiger partial charge in [-0.1, -0.05) is 13.8 Å². The van der Waals surface area contributed by atoms with Crippen molar-refractivity contribution in [2.75, 3.05) is 26.4 Å². The van der Waals surface area contributed by atoms with Gasteiger partial charge in [0, 0.05) is 36.4 Å². The molecule has 1 aliphatic heterocycles. The maximum Gasteiger partial charge on any atom is 0.418 e. The zero-order chi connectivity index (χ0) is 18.7. The molecule has 3 rings (SSSR count). The molecule has 0 radical (unpaired) electrons. The van der Waals surface area contributed by atoms with E-state index in [2.05, 4.69) is 19.2 Å². The Morgan fingerprint density at radius 2 is 2.19 bits per heavy atom. The van der Waals surface area contributed by atoms with Gasteiger partial charge in [0.1, 0.15) is 5.75 Å². The summed E-state index contributed by atoms with van der Waals surface area (Å²) in [7, 11) is 0. The molecule has 2 N–H and O–H groups in total. The third-order valence-corrected chi connectivity index (χ3v) is 4.58. The number of aromatic nitrogens is 1. The lowest BCUT2D eigenvalue weighted by Gasteiger charge is -2.24. The summed E-state index contributed by atoms with van der Waals surface area (Å²) in [6, 6.07) is 5.78. The lowest BCUT2D eigenvalue weighted by Crippen LogP contribution is -2.29. The van der Waals surface area contributed by atoms with E-state index in [4.69, 9.17) is 14.6 Å². The Labute approximate surface area is 153 Å². The number of nitrogens with one attached hydrogen (secondary N) is 1. The average molecular weight is 358 g/mol. The molecule has 26 heavy (non-hydrogen) atoms. The largest absolute Gasteiger partial charge is 0.493 e. The number of ether oxygens (including phenoxy) is 2. The number of benzene rings is 1. The van der Waals surface area contributed by atoms with Gasteiger partial charge in [-0.2, -0.15) is 0 Å². The summed E-state index contributed by atoms with van der Waals surface area (Å²) >= 11 is 0. The minimum absolute atomic E-state index is 0.0850. The summed E-state index contributed by atoms with van der Waals surface area (Å²) in [6.07, 6.45) is 3.97. The monoisotopic (exact) mass is 358 g/mol. The van der Waals surface area contributed by atoms with Gasteiger partial charge in [-0.05, 0) is 36.9 Å². The van der Waals surface area contributed by atoms with Crippen LogP contribution in [0.4, 0.5) is 4.79 Å². The Balaban J connectivity index is 2.20. The molecule has 0 spiro atoms. The molecule has 6 heteroatoms. The van der Waals surface area contributed by atoms with Crippen molar-refractivity contribution < 1.29 is 19.4 Å². The number of nitrogens with zero attached hydrogens (tertiary/aromatic N) is 1. The van der Waals surface area contributed by atoms with Crippen LogP contribution < -0.4 is 10.1 Å². The molecular weight excluding hydrogens is 332 g/mol. The van der Waals surface area contributed by atoms with E-state index in [-0.39, 0.29) is 12.0 Å². The molecule has 1 aromatic carbocycles. The molecule has 0 saturated carbocycles. The van der Waals surface area contributed by atoms with Gasteiger partial charge < -0.3 is 19.9 Å². The molecule has 0 bridgehead atoms. The average Bonchev–Trinajstić information content (AvgIpc) is 2.85. The van der Waals surface area contributed by atoms with E-state index in [1.807, 2.05) is 30.5 Å². The van der Waals surface area contributed by atoms with Crippen LogP contribution in [0.15, 0.2) is 24.4 Å². The van der Waals surface area contributed by atoms with Gasteiger partial charge >= 0.3 is 6.09 Å². The predicted molar refractivity (Wildman–Crippen MR) is 102 cm³/mol. The lowest BCUT2D eigenvalue weighted by molar-refractivity contribution is 0.155. The highest BCUT2D eigenvalue weighted by Gasteiger charge is 2.32. The van der Waals surface area contributed by atoms with E-state index in [9.17, 15) is 4.79 Å². The smallest absolute Gasteiger partial charge is 0.418 e. The zero-order valence-corrected chi connectivity index (χ0v) is 15.5. The molecule has 0 amide bonds. The molecule has 2 aromatic rings. The summed E-state index contributed by atoms with van der Waals surface area (Å²) in [5.41, 5.74) is 2.56. The molecular formula is C20H26N2O4. The maximum absolute atomic E-state index is 12.7. The van der Waals surface area contributed by atoms with E-state index in [1.165, 1.54) is 0 Å². The minimum atomic E-state index is -0.395. The minimum Gasteiger partial charge on any atom is -0.493 e. The van der Waals surface area contributed by atoms with Gasteiger partial charge in [0.05, 0.1) is 24.4 Å². The topological polar surface area (TPSA) is 72.7 Å². The Morgan fingerprint density at radius 3 is 2.92 bits per heavy atom. The quantitative estimate of drug-likeness (QED) is 0.803. The number of carbonyl (C=O) groups is 1. The highest BCUT2D eigenvalue weighted by Crippen LogP contribution is 2.39. The standard InChI is InChI=1S/C20H26N2O4/c1-4-25-19(24)22-16-8-9-21-13-20(2,3)18(16)15-7-6-14(12-17(15)22)26-11-5-10-23/h6-9,12,21,23H,4-5,10-11,13H2,1-3H3. The van der Waals surface area contributed by atoms with Crippen LogP contribution in [0.25, 0.3) is 17.0 Å². The van der Waals surface area contributed by atoms with Gasteiger partial charge in [0.25, 0.3) is 0 Å². The molecule has 0 atom stereocenters. The van der Waals surface area contributed by atoms with E-state index in [0.717, 1.165) is 28.7 Å². The van der Waals surface area contributed by atoms with Crippen molar-refractivity contribution >= 4 is 23.1 Å². The first kappa shape index (κ1) is 18.3. The first-order chi connectivity index (χ1) is 12.5. The molecule has 2 heterocycles. The van der Waals surface area contributed by atoms with Crippen molar-refractivity contribution in [3.63, 3.8) is 0 Å². The number of aliphatic hydroxyl groups excluding tert-OH is 1. The van der Waals surface area contributed by atoms with Crippen LogP contribution in [0, 0.1) is 0 Å². The first-order valence-electron chi connectivity index (χ1n) is 8.99. The van der Waals surface area contributed by atoms with Gasteiger partial charge in [0.15, 0.2) is 0 Å².